The molecule has 0 N–H and O–H groups in total. The lowest BCUT2D eigenvalue weighted by Gasteiger charge is -2.23. The highest BCUT2D eigenvalue weighted by Gasteiger charge is 2.24. The Labute approximate surface area is 122 Å². The van der Waals surface area contributed by atoms with Crippen molar-refractivity contribution in [1.82, 2.24) is 0 Å². The van der Waals surface area contributed by atoms with Gasteiger partial charge in [-0.1, -0.05) is 26.3 Å². The van der Waals surface area contributed by atoms with Gasteiger partial charge in [0.05, 0.1) is 12.3 Å². The predicted octanol–water partition coefficient (Wildman–Crippen LogP) is 3.64. The van der Waals surface area contributed by atoms with E-state index in [1.807, 2.05) is 27.7 Å². The van der Waals surface area contributed by atoms with Crippen LogP contribution in [0.2, 0.25) is 0 Å². The minimum atomic E-state index is -0.520. The van der Waals surface area contributed by atoms with Gasteiger partial charge in [-0.25, -0.2) is 0 Å². The lowest BCUT2D eigenvalue weighted by atomic mass is 10.1. The summed E-state index contributed by atoms with van der Waals surface area (Å²) in [5, 5.41) is 0. The molecule has 116 valence electrons. The van der Waals surface area contributed by atoms with Gasteiger partial charge in [-0.15, -0.1) is 6.58 Å². The molecule has 0 fully saturated rings. The maximum Gasteiger partial charge on any atom is 0.310 e. The summed E-state index contributed by atoms with van der Waals surface area (Å²) < 4.78 is 10.7. The molecule has 20 heavy (non-hydrogen) atoms. The first-order valence-electron chi connectivity index (χ1n) is 7.22. The normalized spacial score (nSPS) is 14.2. The molecule has 0 aliphatic carbocycles. The highest BCUT2D eigenvalue weighted by Crippen LogP contribution is 2.16. The summed E-state index contributed by atoms with van der Waals surface area (Å²) >= 11 is 0. The molecule has 0 rings (SSSR count). The minimum absolute atomic E-state index is 0.109. The molecular formula is C16H28O4. The smallest absolute Gasteiger partial charge is 0.310 e. The van der Waals surface area contributed by atoms with Gasteiger partial charge in [0.15, 0.2) is 0 Å². The topological polar surface area (TPSA) is 52.6 Å². The molecule has 0 aliphatic rings. The highest BCUT2D eigenvalue weighted by molar-refractivity contribution is 5.74. The van der Waals surface area contributed by atoms with Gasteiger partial charge in [0, 0.05) is 0 Å². The number of carbonyl (C=O) groups excluding carboxylic acids is 2. The molecule has 0 aromatic rings. The summed E-state index contributed by atoms with van der Waals surface area (Å²) in [6.07, 6.45) is 3.47. The molecule has 0 aliphatic heterocycles. The molecule has 0 heterocycles. The number of carbonyl (C=O) groups is 2. The van der Waals surface area contributed by atoms with Gasteiger partial charge in [0.2, 0.25) is 0 Å². The lowest BCUT2D eigenvalue weighted by molar-refractivity contribution is -0.163. The van der Waals surface area contributed by atoms with E-state index in [1.165, 1.54) is 0 Å². The Hall–Kier alpha value is -1.32. The maximum atomic E-state index is 11.9. The summed E-state index contributed by atoms with van der Waals surface area (Å²) in [6, 6.07) is 0. The first-order chi connectivity index (χ1) is 9.19. The van der Waals surface area contributed by atoms with E-state index in [0.29, 0.717) is 12.8 Å². The van der Waals surface area contributed by atoms with E-state index in [9.17, 15) is 9.59 Å². The third-order valence-electron chi connectivity index (χ3n) is 2.63. The largest absolute Gasteiger partial charge is 0.462 e. The lowest BCUT2D eigenvalue weighted by Crippen LogP contribution is -2.29. The molecule has 0 unspecified atom stereocenters. The molecule has 4 nitrogen and oxygen atoms in total. The van der Waals surface area contributed by atoms with Crippen LogP contribution in [0.4, 0.5) is 0 Å². The van der Waals surface area contributed by atoms with Crippen molar-refractivity contribution in [3.05, 3.63) is 12.7 Å². The van der Waals surface area contributed by atoms with E-state index < -0.39 is 11.7 Å². The zero-order valence-corrected chi connectivity index (χ0v) is 13.4. The highest BCUT2D eigenvalue weighted by atomic mass is 16.6. The van der Waals surface area contributed by atoms with E-state index in [1.54, 1.807) is 13.0 Å². The second kappa shape index (κ2) is 8.77. The molecule has 0 saturated carbocycles. The van der Waals surface area contributed by atoms with Crippen LogP contribution in [0, 0.1) is 5.92 Å². The van der Waals surface area contributed by atoms with Gasteiger partial charge in [0.1, 0.15) is 11.7 Å². The Bertz CT molecular complexity index is 328. The van der Waals surface area contributed by atoms with Crippen molar-refractivity contribution in [2.45, 2.75) is 72.0 Å². The maximum absolute atomic E-state index is 11.9. The molecule has 4 heteroatoms. The molecule has 0 spiro atoms. The zero-order valence-electron chi connectivity index (χ0n) is 13.4. The molecule has 0 saturated heterocycles. The van der Waals surface area contributed by atoms with Crippen molar-refractivity contribution in [3.8, 4) is 0 Å². The first kappa shape index (κ1) is 18.7. The number of hydrogen-bond donors (Lipinski definition) is 0. The van der Waals surface area contributed by atoms with Crippen molar-refractivity contribution >= 4 is 11.9 Å². The average molecular weight is 284 g/mol. The summed E-state index contributed by atoms with van der Waals surface area (Å²) in [5.41, 5.74) is -0.520. The summed E-state index contributed by atoms with van der Waals surface area (Å²) in [4.78, 5) is 23.7. The number of esters is 2. The van der Waals surface area contributed by atoms with Crippen LogP contribution in [-0.4, -0.2) is 23.6 Å². The number of allylic oxidation sites excluding steroid dienone is 1. The second-order valence-electron chi connectivity index (χ2n) is 6.06. The van der Waals surface area contributed by atoms with E-state index in [0.717, 1.165) is 6.42 Å². The van der Waals surface area contributed by atoms with Crippen molar-refractivity contribution < 1.29 is 19.1 Å². The van der Waals surface area contributed by atoms with Gasteiger partial charge in [-0.3, -0.25) is 9.59 Å². The van der Waals surface area contributed by atoms with Crippen LogP contribution in [0.15, 0.2) is 12.7 Å². The van der Waals surface area contributed by atoms with Crippen LogP contribution in [0.3, 0.4) is 0 Å². The van der Waals surface area contributed by atoms with Crippen molar-refractivity contribution in [2.24, 2.45) is 5.92 Å². The molecular weight excluding hydrogens is 256 g/mol. The molecule has 0 bridgehead atoms. The summed E-state index contributed by atoms with van der Waals surface area (Å²) in [7, 11) is 0. The average Bonchev–Trinajstić information content (AvgIpc) is 2.26. The second-order valence-corrected chi connectivity index (χ2v) is 6.06. The summed E-state index contributed by atoms with van der Waals surface area (Å²) in [5.74, 6) is -0.850. The first-order valence-corrected chi connectivity index (χ1v) is 7.22. The minimum Gasteiger partial charge on any atom is -0.462 e. The van der Waals surface area contributed by atoms with Crippen LogP contribution in [0.25, 0.3) is 0 Å². The fourth-order valence-corrected chi connectivity index (χ4v) is 1.72. The third kappa shape index (κ3) is 8.73. The van der Waals surface area contributed by atoms with Crippen molar-refractivity contribution in [3.63, 3.8) is 0 Å². The van der Waals surface area contributed by atoms with E-state index in [2.05, 4.69) is 6.58 Å². The van der Waals surface area contributed by atoms with Crippen molar-refractivity contribution in [1.29, 1.82) is 0 Å². The van der Waals surface area contributed by atoms with Gasteiger partial charge in [-0.2, -0.15) is 0 Å². The molecule has 0 radical (unpaired) electrons. The van der Waals surface area contributed by atoms with Gasteiger partial charge >= 0.3 is 11.9 Å². The van der Waals surface area contributed by atoms with Gasteiger partial charge in [0.25, 0.3) is 0 Å². The number of hydrogen-bond acceptors (Lipinski definition) is 4. The number of ether oxygens (including phenoxy) is 2. The van der Waals surface area contributed by atoms with Crippen LogP contribution < -0.4 is 0 Å². The van der Waals surface area contributed by atoms with Gasteiger partial charge < -0.3 is 9.47 Å². The Balaban J connectivity index is 4.46. The fraction of sp³-hybridized carbons (Fsp3) is 0.750. The Morgan fingerprint density at radius 3 is 2.35 bits per heavy atom. The monoisotopic (exact) mass is 284 g/mol. The Morgan fingerprint density at radius 2 is 1.90 bits per heavy atom. The molecule has 0 amide bonds. The SMILES string of the molecule is C=CC[C@H](C)C(=O)O[C@H](CCC)CC(=O)OC(C)(C)C. The third-order valence-corrected chi connectivity index (χ3v) is 2.63. The summed E-state index contributed by atoms with van der Waals surface area (Å²) in [6.45, 7) is 12.8. The molecule has 0 aromatic carbocycles. The van der Waals surface area contributed by atoms with Crippen LogP contribution >= 0.6 is 0 Å². The zero-order chi connectivity index (χ0) is 15.8. The molecule has 0 aromatic heterocycles. The van der Waals surface area contributed by atoms with E-state index in [4.69, 9.17) is 9.47 Å². The van der Waals surface area contributed by atoms with Gasteiger partial charge in [-0.05, 0) is 33.6 Å². The quantitative estimate of drug-likeness (QED) is 0.504. The van der Waals surface area contributed by atoms with Crippen LogP contribution in [-0.2, 0) is 19.1 Å². The van der Waals surface area contributed by atoms with Crippen molar-refractivity contribution in [2.75, 3.05) is 0 Å². The standard InChI is InChI=1S/C16H28O4/c1-7-9-12(3)15(18)19-13(10-8-2)11-14(17)20-16(4,5)6/h7,12-13H,1,8-11H2,2-6H3/t12-,13+/m0/s1. The Morgan fingerprint density at radius 1 is 1.30 bits per heavy atom. The van der Waals surface area contributed by atoms with Crippen LogP contribution in [0.5, 0.6) is 0 Å². The predicted molar refractivity (Wildman–Crippen MR) is 79.2 cm³/mol. The Kier molecular flexibility index (Phi) is 8.19. The fourth-order valence-electron chi connectivity index (χ4n) is 1.72. The van der Waals surface area contributed by atoms with E-state index >= 15 is 0 Å². The molecule has 2 atom stereocenters. The van der Waals surface area contributed by atoms with Crippen LogP contribution in [0.1, 0.15) is 60.3 Å². The number of rotatable bonds is 8. The van der Waals surface area contributed by atoms with E-state index in [-0.39, 0.29) is 24.3 Å².